The van der Waals surface area contributed by atoms with Crippen molar-refractivity contribution in [2.24, 2.45) is 0 Å². The number of hydrogen-bond donors (Lipinski definition) is 2. The molecule has 1 aliphatic rings. The van der Waals surface area contributed by atoms with Gasteiger partial charge in [-0.1, -0.05) is 18.6 Å². The summed E-state index contributed by atoms with van der Waals surface area (Å²) in [5, 5.41) is 5.11. The largest absolute Gasteiger partial charge is 0.453 e. The zero-order valence-corrected chi connectivity index (χ0v) is 15.6. The van der Waals surface area contributed by atoms with Crippen molar-refractivity contribution in [1.82, 2.24) is 5.32 Å². The number of benzene rings is 1. The molecule has 1 aliphatic carbocycles. The fraction of sp³-hybridized carbons (Fsp3) is 0.316. The van der Waals surface area contributed by atoms with Gasteiger partial charge in [0, 0.05) is 4.88 Å². The van der Waals surface area contributed by atoms with Gasteiger partial charge in [0.1, 0.15) is 10.8 Å². The van der Waals surface area contributed by atoms with Gasteiger partial charge in [0.25, 0.3) is 11.8 Å². The van der Waals surface area contributed by atoms with Crippen LogP contribution in [0.2, 0.25) is 0 Å². The Kier molecular flexibility index (Phi) is 5.85. The van der Waals surface area contributed by atoms with Gasteiger partial charge in [-0.05, 0) is 43.4 Å². The number of halogens is 1. The first-order valence-corrected chi connectivity index (χ1v) is 9.42. The number of ether oxygens (including phenoxy) is 1. The lowest BCUT2D eigenvalue weighted by atomic mass is 10.0. The van der Waals surface area contributed by atoms with Crippen molar-refractivity contribution in [2.45, 2.75) is 32.1 Å². The van der Waals surface area contributed by atoms with Crippen molar-refractivity contribution in [3.8, 4) is 0 Å². The molecule has 1 aromatic heterocycles. The fourth-order valence-electron chi connectivity index (χ4n) is 3.09. The summed E-state index contributed by atoms with van der Waals surface area (Å²) >= 11 is 1.30. The third-order valence-corrected chi connectivity index (χ3v) is 5.60. The number of aryl methyl sites for hydroxylation is 1. The molecule has 0 bridgehead atoms. The minimum absolute atomic E-state index is 0.111. The predicted octanol–water partition coefficient (Wildman–Crippen LogP) is 3.90. The number of fused-ring (bicyclic) bond motifs is 1. The maximum absolute atomic E-state index is 13.9. The van der Waals surface area contributed by atoms with E-state index in [1.807, 2.05) is 0 Å². The molecule has 2 aromatic rings. The van der Waals surface area contributed by atoms with Crippen molar-refractivity contribution in [1.29, 1.82) is 0 Å². The Morgan fingerprint density at radius 2 is 1.81 bits per heavy atom. The number of anilines is 1. The number of rotatable bonds is 3. The molecular formula is C19H19FN2O4S. The molecule has 0 saturated heterocycles. The number of imide groups is 1. The predicted molar refractivity (Wildman–Crippen MR) is 99.8 cm³/mol. The van der Waals surface area contributed by atoms with Crippen molar-refractivity contribution in [3.05, 3.63) is 51.7 Å². The Morgan fingerprint density at radius 1 is 1.07 bits per heavy atom. The molecule has 3 rings (SSSR count). The van der Waals surface area contributed by atoms with Gasteiger partial charge in [-0.3, -0.25) is 14.9 Å². The van der Waals surface area contributed by atoms with Crippen LogP contribution < -0.4 is 10.6 Å². The lowest BCUT2D eigenvalue weighted by molar-refractivity contribution is 0.0937. The van der Waals surface area contributed by atoms with Crippen LogP contribution in [-0.2, 0) is 17.6 Å². The highest BCUT2D eigenvalue weighted by Crippen LogP contribution is 2.37. The van der Waals surface area contributed by atoms with E-state index in [1.165, 1.54) is 29.5 Å². The summed E-state index contributed by atoms with van der Waals surface area (Å²) in [4.78, 5) is 37.6. The third-order valence-electron chi connectivity index (χ3n) is 4.39. The van der Waals surface area contributed by atoms with Crippen LogP contribution in [0.25, 0.3) is 0 Å². The van der Waals surface area contributed by atoms with Gasteiger partial charge in [0.2, 0.25) is 0 Å². The van der Waals surface area contributed by atoms with Crippen LogP contribution in [0.1, 0.15) is 50.4 Å². The van der Waals surface area contributed by atoms with Crippen LogP contribution in [0, 0.1) is 5.82 Å². The molecule has 0 saturated carbocycles. The number of methoxy groups -OCH3 is 1. The highest BCUT2D eigenvalue weighted by atomic mass is 32.1. The normalized spacial score (nSPS) is 13.3. The summed E-state index contributed by atoms with van der Waals surface area (Å²) in [6.07, 6.45) is 3.57. The fourth-order valence-corrected chi connectivity index (χ4v) is 4.37. The van der Waals surface area contributed by atoms with E-state index in [-0.39, 0.29) is 11.1 Å². The molecule has 0 spiro atoms. The molecule has 0 aliphatic heterocycles. The minimum Gasteiger partial charge on any atom is -0.453 e. The lowest BCUT2D eigenvalue weighted by Gasteiger charge is -2.09. The molecule has 142 valence electrons. The van der Waals surface area contributed by atoms with Gasteiger partial charge in [-0.2, -0.15) is 0 Å². The number of thiophene rings is 1. The van der Waals surface area contributed by atoms with E-state index in [1.54, 1.807) is 6.07 Å². The summed E-state index contributed by atoms with van der Waals surface area (Å²) in [6.45, 7) is 0. The Morgan fingerprint density at radius 3 is 2.56 bits per heavy atom. The van der Waals surface area contributed by atoms with Crippen molar-refractivity contribution in [3.63, 3.8) is 0 Å². The Hall–Kier alpha value is -2.74. The summed E-state index contributed by atoms with van der Waals surface area (Å²) < 4.78 is 18.4. The van der Waals surface area contributed by atoms with Gasteiger partial charge >= 0.3 is 6.09 Å². The molecule has 0 unspecified atom stereocenters. The van der Waals surface area contributed by atoms with E-state index in [0.717, 1.165) is 43.2 Å². The number of nitrogens with one attached hydrogen (secondary N) is 2. The average Bonchev–Trinajstić information content (AvgIpc) is 2.82. The second kappa shape index (κ2) is 8.30. The van der Waals surface area contributed by atoms with Crippen LogP contribution in [0.15, 0.2) is 24.3 Å². The summed E-state index contributed by atoms with van der Waals surface area (Å²) in [5.41, 5.74) is 0.982. The molecule has 0 atom stereocenters. The first-order valence-electron chi connectivity index (χ1n) is 8.61. The van der Waals surface area contributed by atoms with E-state index >= 15 is 0 Å². The maximum atomic E-state index is 13.9. The number of amides is 3. The number of alkyl carbamates (subject to hydrolysis) is 1. The molecule has 1 aromatic carbocycles. The second-order valence-electron chi connectivity index (χ2n) is 6.15. The van der Waals surface area contributed by atoms with E-state index in [2.05, 4.69) is 15.4 Å². The highest BCUT2D eigenvalue weighted by Gasteiger charge is 2.27. The number of hydrogen-bond acceptors (Lipinski definition) is 5. The molecular weight excluding hydrogens is 371 g/mol. The smallest absolute Gasteiger partial charge is 0.413 e. The molecule has 27 heavy (non-hydrogen) atoms. The topological polar surface area (TPSA) is 84.5 Å². The Bertz CT molecular complexity index is 894. The van der Waals surface area contributed by atoms with Crippen LogP contribution in [0.4, 0.5) is 14.2 Å². The summed E-state index contributed by atoms with van der Waals surface area (Å²) in [5.74, 6) is -1.92. The molecule has 0 fully saturated rings. The van der Waals surface area contributed by atoms with Gasteiger partial charge in [0.15, 0.2) is 0 Å². The zero-order valence-electron chi connectivity index (χ0n) is 14.8. The molecule has 1 heterocycles. The molecule has 0 radical (unpaired) electrons. The van der Waals surface area contributed by atoms with E-state index < -0.39 is 23.7 Å². The summed E-state index contributed by atoms with van der Waals surface area (Å²) in [6, 6.07) is 5.63. The molecule has 6 nitrogen and oxygen atoms in total. The van der Waals surface area contributed by atoms with Crippen molar-refractivity contribution in [2.75, 3.05) is 12.4 Å². The molecule has 2 N–H and O–H groups in total. The lowest BCUT2D eigenvalue weighted by Crippen LogP contribution is -2.31. The van der Waals surface area contributed by atoms with E-state index in [4.69, 9.17) is 0 Å². The van der Waals surface area contributed by atoms with Crippen molar-refractivity contribution < 1.29 is 23.5 Å². The second-order valence-corrected chi connectivity index (χ2v) is 7.25. The SMILES string of the molecule is COC(=O)NC(=O)c1c(NC(=O)c2ccccc2F)sc2c1CCCCC2. The van der Waals surface area contributed by atoms with Gasteiger partial charge in [0.05, 0.1) is 18.2 Å². The van der Waals surface area contributed by atoms with Crippen LogP contribution in [-0.4, -0.2) is 25.0 Å². The van der Waals surface area contributed by atoms with Crippen LogP contribution in [0.3, 0.4) is 0 Å². The van der Waals surface area contributed by atoms with Gasteiger partial charge < -0.3 is 10.1 Å². The third kappa shape index (κ3) is 4.16. The Labute approximate surface area is 159 Å². The first kappa shape index (κ1) is 19.0. The van der Waals surface area contributed by atoms with Gasteiger partial charge in [-0.25, -0.2) is 9.18 Å². The quantitative estimate of drug-likeness (QED) is 0.779. The van der Waals surface area contributed by atoms with Crippen molar-refractivity contribution >= 4 is 34.2 Å². The number of carbonyl (C=O) groups excluding carboxylic acids is 3. The summed E-state index contributed by atoms with van der Waals surface area (Å²) in [7, 11) is 1.16. The number of carbonyl (C=O) groups is 3. The average molecular weight is 390 g/mol. The highest BCUT2D eigenvalue weighted by molar-refractivity contribution is 7.17. The zero-order chi connectivity index (χ0) is 19.4. The maximum Gasteiger partial charge on any atom is 0.413 e. The van der Waals surface area contributed by atoms with Gasteiger partial charge in [-0.15, -0.1) is 11.3 Å². The standard InChI is InChI=1S/C19H19FN2O4S/c1-26-19(25)22-17(24)15-12-8-3-2-4-10-14(12)27-18(15)21-16(23)11-7-5-6-9-13(11)20/h5-7,9H,2-4,8,10H2,1H3,(H,21,23)(H,22,24,25). The molecule has 8 heteroatoms. The molecule has 3 amide bonds. The van der Waals surface area contributed by atoms with Crippen LogP contribution >= 0.6 is 11.3 Å². The van der Waals surface area contributed by atoms with E-state index in [0.29, 0.717) is 11.4 Å². The first-order chi connectivity index (χ1) is 13.0. The van der Waals surface area contributed by atoms with Crippen LogP contribution in [0.5, 0.6) is 0 Å². The van der Waals surface area contributed by atoms with E-state index in [9.17, 15) is 18.8 Å². The minimum atomic E-state index is -0.875. The Balaban J connectivity index is 1.96. The monoisotopic (exact) mass is 390 g/mol.